The van der Waals surface area contributed by atoms with Crippen molar-refractivity contribution in [3.05, 3.63) is 90.3 Å². The maximum atomic E-state index is 13.4. The summed E-state index contributed by atoms with van der Waals surface area (Å²) in [6, 6.07) is 8.23. The number of carbonyl (C=O) groups is 3. The van der Waals surface area contributed by atoms with E-state index in [0.29, 0.717) is 60.8 Å². The van der Waals surface area contributed by atoms with Crippen LogP contribution in [0.1, 0.15) is 82.4 Å². The van der Waals surface area contributed by atoms with Gasteiger partial charge in [0.15, 0.2) is 0 Å². The molecule has 0 bridgehead atoms. The van der Waals surface area contributed by atoms with Crippen LogP contribution in [0.25, 0.3) is 33.1 Å². The molecule has 0 radical (unpaired) electrons. The van der Waals surface area contributed by atoms with E-state index in [9.17, 15) is 49.5 Å². The van der Waals surface area contributed by atoms with Gasteiger partial charge in [-0.05, 0) is 92.7 Å². The van der Waals surface area contributed by atoms with Crippen LogP contribution < -0.4 is 31.1 Å². The molecule has 6 fully saturated rings. The molecule has 3 aromatic carbocycles. The number of amides is 3. The summed E-state index contributed by atoms with van der Waals surface area (Å²) in [4.78, 5) is 71.6. The van der Waals surface area contributed by atoms with Crippen LogP contribution in [-0.2, 0) is 26.7 Å². The molecule has 0 aliphatic carbocycles. The molecule has 3 amide bonds. The normalized spacial score (nSPS) is 25.5. The van der Waals surface area contributed by atoms with E-state index in [-0.39, 0.29) is 85.9 Å². The summed E-state index contributed by atoms with van der Waals surface area (Å²) in [7, 11) is 5.45. The largest absolute Gasteiger partial charge is 0.418 e. The van der Waals surface area contributed by atoms with E-state index >= 15 is 0 Å². The number of halogens is 9. The molecule has 0 saturated carbocycles. The number of nitrogens with zero attached hydrogens (tertiary/aromatic N) is 12. The molecule has 27 heteroatoms. The van der Waals surface area contributed by atoms with Crippen molar-refractivity contribution >= 4 is 83.8 Å². The van der Waals surface area contributed by atoms with Crippen molar-refractivity contribution in [2.24, 2.45) is 23.5 Å². The number of carbonyl (C=O) groups excluding carboxylic acids is 3. The summed E-state index contributed by atoms with van der Waals surface area (Å²) in [6.45, 7) is 13.0. The highest BCUT2D eigenvalue weighted by atomic mass is 79.9. The molecule has 6 aliphatic heterocycles. The van der Waals surface area contributed by atoms with Gasteiger partial charge < -0.3 is 45.8 Å². The van der Waals surface area contributed by atoms with E-state index in [1.807, 2.05) is 19.0 Å². The standard InChI is InChI=1S/C20H24F3N5O.C20H25F2N5O.C15H17F3N4.C5H8BrNO/c1-12-9-13(26-15-5-8-27(2)19(15)29)11-28(10-12)16-4-3-14(20(21,22)23)17-18(16)25-7-6-24-17;1-12-9-13(25-15-5-8-26(2)20(15)28)11-27(10-12)16-4-3-14(19(21)22)17-18(16)24-7-6-23-17;1-9-6-10(19)8-22(7-9)12-3-2-11(15(16,17)18)13-14(12)21-5-4-20-13;1-7-3-2-4(6)5(7)8/h3-4,6-7,12-13,15,26H,5,8-11H2,1-2H3;3-4,6-7,12-13,15,19,25H,5,8-11H2,1-2H3;2-5,9-10H,6-8,19H2,1H3;4H,2-3H2,1H3/t2*12-,13+,15?;9-,10+;/m000./s1. The fraction of sp³-hybridized carbons (Fsp3) is 0.550. The minimum Gasteiger partial charge on any atom is -0.368 e. The Kier molecular flexibility index (Phi) is 20.4. The van der Waals surface area contributed by atoms with Gasteiger partial charge in [0.25, 0.3) is 6.43 Å². The molecule has 4 N–H and O–H groups in total. The molecule has 3 aromatic heterocycles. The first-order valence-corrected chi connectivity index (χ1v) is 30.2. The fourth-order valence-corrected chi connectivity index (χ4v) is 13.3. The summed E-state index contributed by atoms with van der Waals surface area (Å²) in [5.41, 5.74) is 7.60. The van der Waals surface area contributed by atoms with Crippen LogP contribution in [0, 0.1) is 17.8 Å². The van der Waals surface area contributed by atoms with Crippen molar-refractivity contribution in [3.63, 3.8) is 0 Å². The monoisotopic (exact) mass is 1280 g/mol. The predicted molar refractivity (Wildman–Crippen MR) is 320 cm³/mol. The van der Waals surface area contributed by atoms with Gasteiger partial charge in [0.1, 0.15) is 27.6 Å². The lowest BCUT2D eigenvalue weighted by Gasteiger charge is -2.39. The molecule has 6 aromatic rings. The van der Waals surface area contributed by atoms with Gasteiger partial charge in [-0.3, -0.25) is 44.3 Å². The van der Waals surface area contributed by atoms with E-state index in [4.69, 9.17) is 5.73 Å². The van der Waals surface area contributed by atoms with Gasteiger partial charge >= 0.3 is 12.4 Å². The number of hydrogen-bond donors (Lipinski definition) is 3. The summed E-state index contributed by atoms with van der Waals surface area (Å²) < 4.78 is 106. The van der Waals surface area contributed by atoms with E-state index in [1.165, 1.54) is 55.4 Å². The number of fused-ring (bicyclic) bond motifs is 3. The summed E-state index contributed by atoms with van der Waals surface area (Å²) in [6.07, 6.45) is 2.22. The molecule has 9 heterocycles. The Balaban J connectivity index is 0.000000147. The highest BCUT2D eigenvalue weighted by Crippen LogP contribution is 2.40. The van der Waals surface area contributed by atoms with Gasteiger partial charge in [-0.25, -0.2) is 8.78 Å². The molecule has 6 aliphatic rings. The lowest BCUT2D eigenvalue weighted by atomic mass is 9.94. The average Bonchev–Trinajstić information content (AvgIpc) is 1.81. The Bertz CT molecular complexity index is 3380. The Labute approximate surface area is 508 Å². The number of nitrogens with one attached hydrogen (secondary N) is 2. The number of likely N-dealkylation sites (N-methyl/N-ethyl adjacent to an activating group) is 2. The Morgan fingerprint density at radius 3 is 1.20 bits per heavy atom. The third-order valence-corrected chi connectivity index (χ3v) is 17.7. The zero-order valence-corrected chi connectivity index (χ0v) is 51.0. The second-order valence-electron chi connectivity index (χ2n) is 23.9. The first-order valence-electron chi connectivity index (χ1n) is 29.3. The van der Waals surface area contributed by atoms with Gasteiger partial charge in [0, 0.05) is 141 Å². The lowest BCUT2D eigenvalue weighted by Crippen LogP contribution is -2.53. The van der Waals surface area contributed by atoms with Crippen LogP contribution in [0.15, 0.2) is 73.6 Å². The SMILES string of the molecule is CN1CCC(Br)C1=O.C[C@H]1C[C@@H](N)CN(c2ccc(C(F)(F)F)c3nccnc23)C1.C[C@H]1C[C@@H](NC2CCN(C)C2=O)CN(c2ccc(C(F)(F)F)c3nccnc23)C1.C[C@H]1C[C@@H](NC2CCN(C)C2=O)CN(c2ccc(C(F)F)c3nccnc23)C1. The third-order valence-electron chi connectivity index (χ3n) is 16.8. The highest BCUT2D eigenvalue weighted by Gasteiger charge is 2.39. The van der Waals surface area contributed by atoms with Gasteiger partial charge in [-0.15, -0.1) is 0 Å². The zero-order valence-electron chi connectivity index (χ0n) is 49.4. The van der Waals surface area contributed by atoms with Crippen molar-refractivity contribution in [2.75, 3.05) is 94.7 Å². The van der Waals surface area contributed by atoms with E-state index in [2.05, 4.69) is 87.0 Å². The van der Waals surface area contributed by atoms with Crippen LogP contribution in [0.2, 0.25) is 0 Å². The van der Waals surface area contributed by atoms with Crippen molar-refractivity contribution in [3.8, 4) is 0 Å². The number of benzene rings is 3. The predicted octanol–water partition coefficient (Wildman–Crippen LogP) is 8.72. The number of alkyl halides is 9. The molecular formula is C60H74BrF8N15O3. The van der Waals surface area contributed by atoms with Crippen molar-refractivity contribution in [2.45, 2.75) is 113 Å². The van der Waals surface area contributed by atoms with Crippen LogP contribution in [0.5, 0.6) is 0 Å². The van der Waals surface area contributed by atoms with Crippen LogP contribution in [-0.4, -0.2) is 177 Å². The first-order chi connectivity index (χ1) is 41.2. The van der Waals surface area contributed by atoms with Crippen molar-refractivity contribution in [1.82, 2.24) is 55.2 Å². The first kappa shape index (κ1) is 64.8. The quantitative estimate of drug-likeness (QED) is 0.0965. The van der Waals surface area contributed by atoms with E-state index < -0.39 is 29.9 Å². The third kappa shape index (κ3) is 15.2. The van der Waals surface area contributed by atoms with Crippen LogP contribution >= 0.6 is 15.9 Å². The molecule has 6 saturated heterocycles. The Hall–Kier alpha value is -6.71. The second kappa shape index (κ2) is 27.4. The highest BCUT2D eigenvalue weighted by molar-refractivity contribution is 9.10. The number of likely N-dealkylation sites (tertiary alicyclic amines) is 3. The Morgan fingerprint density at radius 1 is 0.494 bits per heavy atom. The molecule has 0 spiro atoms. The summed E-state index contributed by atoms with van der Waals surface area (Å²) >= 11 is 3.25. The zero-order chi connectivity index (χ0) is 62.6. The molecule has 12 rings (SSSR count). The topological polar surface area (TPSA) is 198 Å². The smallest absolute Gasteiger partial charge is 0.368 e. The minimum atomic E-state index is -4.49. The van der Waals surface area contributed by atoms with Gasteiger partial charge in [0.2, 0.25) is 17.7 Å². The summed E-state index contributed by atoms with van der Waals surface area (Å²) in [5, 5.41) is 6.98. The van der Waals surface area contributed by atoms with Crippen molar-refractivity contribution in [1.29, 1.82) is 0 Å². The number of aromatic nitrogens is 6. The van der Waals surface area contributed by atoms with Gasteiger partial charge in [-0.1, -0.05) is 36.7 Å². The molecule has 3 unspecified atom stereocenters. The van der Waals surface area contributed by atoms with Gasteiger partial charge in [-0.2, -0.15) is 26.3 Å². The van der Waals surface area contributed by atoms with E-state index in [0.717, 1.165) is 89.1 Å². The van der Waals surface area contributed by atoms with Gasteiger partial charge in [0.05, 0.1) is 50.6 Å². The molecule has 470 valence electrons. The molecular weight excluding hydrogens is 1210 g/mol. The number of nitrogens with two attached hydrogens (primary N) is 1. The molecule has 9 atom stereocenters. The second-order valence-corrected chi connectivity index (χ2v) is 25.0. The van der Waals surface area contributed by atoms with Crippen LogP contribution in [0.3, 0.4) is 0 Å². The maximum Gasteiger partial charge on any atom is 0.418 e. The van der Waals surface area contributed by atoms with Crippen molar-refractivity contribution < 1.29 is 49.5 Å². The average molecular weight is 1290 g/mol. The fourth-order valence-electron chi connectivity index (χ4n) is 12.8. The van der Waals surface area contributed by atoms with E-state index in [1.54, 1.807) is 27.8 Å². The summed E-state index contributed by atoms with van der Waals surface area (Å²) in [5.74, 6) is 1.57. The lowest BCUT2D eigenvalue weighted by molar-refractivity contribution is -0.137. The number of anilines is 3. The number of rotatable bonds is 8. The Morgan fingerprint density at radius 2 is 0.851 bits per heavy atom. The minimum absolute atomic E-state index is 0.0118. The molecule has 87 heavy (non-hydrogen) atoms. The maximum absolute atomic E-state index is 13.4. The van der Waals surface area contributed by atoms with Crippen LogP contribution in [0.4, 0.5) is 52.2 Å². The number of piperidine rings is 3. The number of hydrogen-bond acceptors (Lipinski definition) is 15. The molecule has 18 nitrogen and oxygen atoms in total.